The maximum atomic E-state index is 12.5. The molecular formula is C19H23N3O2. The van der Waals surface area contributed by atoms with Gasteiger partial charge in [-0.2, -0.15) is 0 Å². The minimum absolute atomic E-state index is 0.0415. The van der Waals surface area contributed by atoms with Crippen LogP contribution in [0.5, 0.6) is 0 Å². The van der Waals surface area contributed by atoms with Gasteiger partial charge in [-0.3, -0.25) is 14.7 Å². The molecule has 1 aliphatic rings. The summed E-state index contributed by atoms with van der Waals surface area (Å²) in [5.74, 6) is -0.0415. The summed E-state index contributed by atoms with van der Waals surface area (Å²) in [4.78, 5) is 18.9. The molecule has 0 atom stereocenters. The highest BCUT2D eigenvalue weighted by Crippen LogP contribution is 2.14. The van der Waals surface area contributed by atoms with Crippen LogP contribution in [-0.2, 0) is 17.8 Å². The van der Waals surface area contributed by atoms with Crippen LogP contribution in [0.15, 0.2) is 42.7 Å². The van der Waals surface area contributed by atoms with E-state index in [0.717, 1.165) is 55.1 Å². The van der Waals surface area contributed by atoms with E-state index in [1.54, 1.807) is 12.4 Å². The van der Waals surface area contributed by atoms with E-state index < -0.39 is 0 Å². The fraction of sp³-hybridized carbons (Fsp3) is 0.368. The summed E-state index contributed by atoms with van der Waals surface area (Å²) in [5, 5.41) is 2.97. The molecule has 1 fully saturated rings. The third kappa shape index (κ3) is 4.40. The van der Waals surface area contributed by atoms with Crippen molar-refractivity contribution in [3.8, 4) is 0 Å². The molecule has 5 nitrogen and oxygen atoms in total. The lowest BCUT2D eigenvalue weighted by molar-refractivity contribution is 0.0342. The zero-order valence-corrected chi connectivity index (χ0v) is 14.0. The maximum Gasteiger partial charge on any atom is 0.251 e. The molecule has 1 aromatic heterocycles. The van der Waals surface area contributed by atoms with Crippen molar-refractivity contribution in [2.75, 3.05) is 26.3 Å². The number of pyridine rings is 1. The fourth-order valence-electron chi connectivity index (χ4n) is 2.81. The Kier molecular flexibility index (Phi) is 5.56. The Morgan fingerprint density at radius 3 is 2.83 bits per heavy atom. The molecule has 5 heteroatoms. The van der Waals surface area contributed by atoms with Crippen molar-refractivity contribution in [1.82, 2.24) is 15.2 Å². The monoisotopic (exact) mass is 325 g/mol. The number of rotatable bonds is 5. The number of morpholine rings is 1. The molecule has 3 rings (SSSR count). The summed E-state index contributed by atoms with van der Waals surface area (Å²) in [6, 6.07) is 9.95. The molecule has 1 amide bonds. The van der Waals surface area contributed by atoms with Gasteiger partial charge < -0.3 is 10.1 Å². The van der Waals surface area contributed by atoms with Gasteiger partial charge in [-0.15, -0.1) is 0 Å². The van der Waals surface area contributed by atoms with Gasteiger partial charge in [0.25, 0.3) is 5.91 Å². The lowest BCUT2D eigenvalue weighted by atomic mass is 10.0. The predicted octanol–water partition coefficient (Wildman–Crippen LogP) is 2.15. The first kappa shape index (κ1) is 16.6. The molecule has 1 aliphatic heterocycles. The number of hydrogen-bond donors (Lipinski definition) is 1. The van der Waals surface area contributed by atoms with Crippen LogP contribution in [0.25, 0.3) is 0 Å². The number of carbonyl (C=O) groups is 1. The second kappa shape index (κ2) is 8.04. The second-order valence-electron chi connectivity index (χ2n) is 6.08. The molecule has 0 unspecified atom stereocenters. The largest absolute Gasteiger partial charge is 0.379 e. The number of nitrogens with one attached hydrogen (secondary N) is 1. The summed E-state index contributed by atoms with van der Waals surface area (Å²) >= 11 is 0. The standard InChI is InChI=1S/C19H23N3O2/c1-15-4-5-16(14-22-7-9-24-10-8-22)11-18(15)19(23)21-13-17-3-2-6-20-12-17/h2-6,11-12H,7-10,13-14H2,1H3,(H,21,23). The average Bonchev–Trinajstić information content (AvgIpc) is 2.63. The molecule has 126 valence electrons. The number of carbonyl (C=O) groups excluding carboxylic acids is 1. The summed E-state index contributed by atoms with van der Waals surface area (Å²) in [6.45, 7) is 6.76. The Hall–Kier alpha value is -2.24. The topological polar surface area (TPSA) is 54.5 Å². The molecule has 0 spiro atoms. The first-order chi connectivity index (χ1) is 11.7. The number of nitrogens with zero attached hydrogens (tertiary/aromatic N) is 2. The quantitative estimate of drug-likeness (QED) is 0.915. The molecule has 0 aliphatic carbocycles. The van der Waals surface area contributed by atoms with Crippen molar-refractivity contribution in [3.05, 3.63) is 65.0 Å². The van der Waals surface area contributed by atoms with Crippen LogP contribution in [0.1, 0.15) is 27.0 Å². The molecule has 0 bridgehead atoms. The van der Waals surface area contributed by atoms with Crippen molar-refractivity contribution >= 4 is 5.91 Å². The van der Waals surface area contributed by atoms with Gasteiger partial charge in [0, 0.05) is 44.1 Å². The van der Waals surface area contributed by atoms with E-state index in [-0.39, 0.29) is 5.91 Å². The predicted molar refractivity (Wildman–Crippen MR) is 92.7 cm³/mol. The molecule has 24 heavy (non-hydrogen) atoms. The van der Waals surface area contributed by atoms with E-state index in [9.17, 15) is 4.79 Å². The normalized spacial score (nSPS) is 15.2. The molecule has 0 saturated carbocycles. The van der Waals surface area contributed by atoms with E-state index in [2.05, 4.69) is 21.3 Å². The van der Waals surface area contributed by atoms with Crippen LogP contribution in [0.2, 0.25) is 0 Å². The molecular weight excluding hydrogens is 302 g/mol. The van der Waals surface area contributed by atoms with Crippen molar-refractivity contribution in [2.45, 2.75) is 20.0 Å². The molecule has 1 N–H and O–H groups in total. The smallest absolute Gasteiger partial charge is 0.251 e. The molecule has 1 aromatic carbocycles. The highest BCUT2D eigenvalue weighted by atomic mass is 16.5. The van der Waals surface area contributed by atoms with Crippen molar-refractivity contribution in [3.63, 3.8) is 0 Å². The molecule has 1 saturated heterocycles. The van der Waals surface area contributed by atoms with Crippen LogP contribution in [0.3, 0.4) is 0 Å². The summed E-state index contributed by atoms with van der Waals surface area (Å²) < 4.78 is 5.38. The average molecular weight is 325 g/mol. The van der Waals surface area contributed by atoms with Crippen LogP contribution in [0.4, 0.5) is 0 Å². The van der Waals surface area contributed by atoms with E-state index in [0.29, 0.717) is 6.54 Å². The minimum atomic E-state index is -0.0415. The maximum absolute atomic E-state index is 12.5. The van der Waals surface area contributed by atoms with E-state index >= 15 is 0 Å². The highest BCUT2D eigenvalue weighted by Gasteiger charge is 2.14. The zero-order chi connectivity index (χ0) is 16.8. The van der Waals surface area contributed by atoms with Crippen LogP contribution < -0.4 is 5.32 Å². The van der Waals surface area contributed by atoms with Crippen LogP contribution in [0, 0.1) is 6.92 Å². The van der Waals surface area contributed by atoms with Crippen molar-refractivity contribution in [1.29, 1.82) is 0 Å². The summed E-state index contributed by atoms with van der Waals surface area (Å²) in [7, 11) is 0. The lowest BCUT2D eigenvalue weighted by Gasteiger charge is -2.26. The van der Waals surface area contributed by atoms with Gasteiger partial charge in [-0.1, -0.05) is 18.2 Å². The van der Waals surface area contributed by atoms with Crippen LogP contribution in [-0.4, -0.2) is 42.1 Å². The molecule has 2 aromatic rings. The van der Waals surface area contributed by atoms with Crippen molar-refractivity contribution < 1.29 is 9.53 Å². The summed E-state index contributed by atoms with van der Waals surface area (Å²) in [6.07, 6.45) is 3.49. The number of benzene rings is 1. The fourth-order valence-corrected chi connectivity index (χ4v) is 2.81. The van der Waals surface area contributed by atoms with Gasteiger partial charge in [0.2, 0.25) is 0 Å². The van der Waals surface area contributed by atoms with Gasteiger partial charge in [0.1, 0.15) is 0 Å². The van der Waals surface area contributed by atoms with E-state index in [4.69, 9.17) is 4.74 Å². The number of hydrogen-bond acceptors (Lipinski definition) is 4. The summed E-state index contributed by atoms with van der Waals surface area (Å²) in [5.41, 5.74) is 3.89. The Morgan fingerprint density at radius 2 is 2.08 bits per heavy atom. The van der Waals surface area contributed by atoms with Gasteiger partial charge in [-0.25, -0.2) is 0 Å². The third-order valence-electron chi connectivity index (χ3n) is 4.23. The van der Waals surface area contributed by atoms with Crippen molar-refractivity contribution in [2.24, 2.45) is 0 Å². The highest BCUT2D eigenvalue weighted by molar-refractivity contribution is 5.95. The van der Waals surface area contributed by atoms with Gasteiger partial charge in [0.15, 0.2) is 0 Å². The number of ether oxygens (including phenoxy) is 1. The van der Waals surface area contributed by atoms with Gasteiger partial charge >= 0.3 is 0 Å². The van der Waals surface area contributed by atoms with E-state index in [1.807, 2.05) is 31.2 Å². The number of amides is 1. The lowest BCUT2D eigenvalue weighted by Crippen LogP contribution is -2.35. The Labute approximate surface area is 142 Å². The first-order valence-corrected chi connectivity index (χ1v) is 8.29. The number of aromatic nitrogens is 1. The molecule has 2 heterocycles. The van der Waals surface area contributed by atoms with Gasteiger partial charge in [0.05, 0.1) is 13.2 Å². The SMILES string of the molecule is Cc1ccc(CN2CCOCC2)cc1C(=O)NCc1cccnc1. The second-order valence-corrected chi connectivity index (χ2v) is 6.08. The minimum Gasteiger partial charge on any atom is -0.379 e. The van der Waals surface area contributed by atoms with Gasteiger partial charge in [-0.05, 0) is 35.7 Å². The molecule has 0 radical (unpaired) electrons. The third-order valence-corrected chi connectivity index (χ3v) is 4.23. The Morgan fingerprint density at radius 1 is 1.25 bits per heavy atom. The zero-order valence-electron chi connectivity index (χ0n) is 14.0. The Balaban J connectivity index is 1.65. The van der Waals surface area contributed by atoms with E-state index in [1.165, 1.54) is 0 Å². The number of aryl methyl sites for hydroxylation is 1. The van der Waals surface area contributed by atoms with Crippen LogP contribution >= 0.6 is 0 Å². The Bertz CT molecular complexity index is 682. The first-order valence-electron chi connectivity index (χ1n) is 8.29.